The zero-order valence-corrected chi connectivity index (χ0v) is 27.6. The number of nitrogens with two attached hydrogens (primary N) is 1. The first kappa shape index (κ1) is 38.2. The van der Waals surface area contributed by atoms with E-state index in [-0.39, 0.29) is 31.2 Å². The predicted octanol–water partition coefficient (Wildman–Crippen LogP) is -1.51. The maximum atomic E-state index is 14.7. The lowest BCUT2D eigenvalue weighted by Crippen LogP contribution is -2.63. The summed E-state index contributed by atoms with van der Waals surface area (Å²) in [5.41, 5.74) is 6.37. The first-order chi connectivity index (χ1) is 22.9. The number of carbonyl (C=O) groups excluding carboxylic acids is 5. The molecule has 5 atom stereocenters. The third kappa shape index (κ3) is 10.1. The van der Waals surface area contributed by atoms with Gasteiger partial charge in [0.05, 0.1) is 25.7 Å². The number of fused-ring (bicyclic) bond motifs is 1. The Bertz CT molecular complexity index is 1290. The number of rotatable bonds is 13. The number of carboxylic acid groups (broad SMARTS) is 1. The number of hydrogen-bond donors (Lipinski definition) is 7. The molecular formula is C32H49N7O9. The molecule has 2 fully saturated rings. The average Bonchev–Trinajstić information content (AvgIpc) is 3.53. The van der Waals surface area contributed by atoms with Crippen LogP contribution in [0.3, 0.4) is 0 Å². The van der Waals surface area contributed by atoms with E-state index in [1.807, 2.05) is 13.8 Å². The molecule has 0 aliphatic carbocycles. The number of unbranched alkanes of at least 4 members (excludes halogenated alkanes) is 1. The molecule has 0 spiro atoms. The number of likely N-dealkylation sites (N-methyl/N-ethyl adjacent to an activating group) is 1. The molecule has 2 aliphatic heterocycles. The number of amides is 5. The second-order valence-electron chi connectivity index (χ2n) is 12.1. The SMILES string of the molecule is CCN(CC)C(=O)[C@H](Cc1ccc(O)cc1)N1CN2CCC[C@H]2C(=O)N[C@@H](CO)C(=O)N[C@@H](CC(=O)O)C(=O)N[C@@H](CCCCN)C1=O. The van der Waals surface area contributed by atoms with Gasteiger partial charge in [-0.05, 0) is 70.2 Å². The Morgan fingerprint density at radius 1 is 0.958 bits per heavy atom. The summed E-state index contributed by atoms with van der Waals surface area (Å²) in [5, 5.41) is 36.8. The van der Waals surface area contributed by atoms with Gasteiger partial charge in [-0.15, -0.1) is 0 Å². The van der Waals surface area contributed by atoms with Crippen molar-refractivity contribution in [3.63, 3.8) is 0 Å². The molecule has 0 radical (unpaired) electrons. The lowest BCUT2D eigenvalue weighted by atomic mass is 10.00. The van der Waals surface area contributed by atoms with E-state index < -0.39 is 72.8 Å². The molecule has 0 bridgehead atoms. The molecule has 48 heavy (non-hydrogen) atoms. The fraction of sp³-hybridized carbons (Fsp3) is 0.625. The van der Waals surface area contributed by atoms with Crippen LogP contribution in [0.1, 0.15) is 57.9 Å². The average molecular weight is 676 g/mol. The number of nitrogens with one attached hydrogen (secondary N) is 3. The number of phenolic OH excluding ortho intramolecular Hbond substituents is 1. The minimum Gasteiger partial charge on any atom is -0.508 e. The van der Waals surface area contributed by atoms with Crippen LogP contribution in [0.5, 0.6) is 5.75 Å². The van der Waals surface area contributed by atoms with Crippen LogP contribution in [0.15, 0.2) is 24.3 Å². The van der Waals surface area contributed by atoms with Crippen molar-refractivity contribution >= 4 is 35.5 Å². The minimum absolute atomic E-state index is 0.0255. The van der Waals surface area contributed by atoms with Gasteiger partial charge in [0, 0.05) is 26.1 Å². The zero-order valence-electron chi connectivity index (χ0n) is 27.6. The summed E-state index contributed by atoms with van der Waals surface area (Å²) in [6.45, 7) is 4.04. The highest BCUT2D eigenvalue weighted by atomic mass is 16.4. The van der Waals surface area contributed by atoms with E-state index >= 15 is 0 Å². The molecule has 16 heteroatoms. The van der Waals surface area contributed by atoms with Gasteiger partial charge in [-0.3, -0.25) is 33.7 Å². The second kappa shape index (κ2) is 18.3. The number of aromatic hydroxyl groups is 1. The largest absolute Gasteiger partial charge is 0.508 e. The third-order valence-electron chi connectivity index (χ3n) is 8.77. The summed E-state index contributed by atoms with van der Waals surface area (Å²) in [6, 6.07) is -0.0208. The number of nitrogens with zero attached hydrogens (tertiary/aromatic N) is 3. The van der Waals surface area contributed by atoms with Gasteiger partial charge in [0.15, 0.2) is 0 Å². The van der Waals surface area contributed by atoms with Gasteiger partial charge in [0.25, 0.3) is 0 Å². The number of benzene rings is 1. The first-order valence-electron chi connectivity index (χ1n) is 16.5. The summed E-state index contributed by atoms with van der Waals surface area (Å²) in [6.07, 6.45) is 1.18. The Hall–Kier alpha value is -4.28. The minimum atomic E-state index is -1.64. The van der Waals surface area contributed by atoms with E-state index in [0.717, 1.165) is 0 Å². The van der Waals surface area contributed by atoms with E-state index in [0.29, 0.717) is 57.4 Å². The van der Waals surface area contributed by atoms with Crippen molar-refractivity contribution in [3.8, 4) is 5.75 Å². The van der Waals surface area contributed by atoms with Crippen LogP contribution in [0.2, 0.25) is 0 Å². The number of phenols is 1. The summed E-state index contributed by atoms with van der Waals surface area (Å²) in [5.74, 6) is -4.88. The highest BCUT2D eigenvalue weighted by Gasteiger charge is 2.42. The Morgan fingerprint density at radius 3 is 2.19 bits per heavy atom. The Labute approximate surface area is 280 Å². The van der Waals surface area contributed by atoms with Crippen LogP contribution in [0.25, 0.3) is 0 Å². The van der Waals surface area contributed by atoms with Gasteiger partial charge in [-0.2, -0.15) is 0 Å². The molecule has 0 saturated carbocycles. The van der Waals surface area contributed by atoms with Crippen LogP contribution < -0.4 is 21.7 Å². The number of hydrogen-bond acceptors (Lipinski definition) is 10. The monoisotopic (exact) mass is 675 g/mol. The van der Waals surface area contributed by atoms with Crippen LogP contribution in [0.4, 0.5) is 0 Å². The molecular weight excluding hydrogens is 626 g/mol. The van der Waals surface area contributed by atoms with Crippen molar-refractivity contribution in [2.45, 2.75) is 89.0 Å². The molecule has 3 rings (SSSR count). The van der Waals surface area contributed by atoms with Crippen molar-refractivity contribution in [1.82, 2.24) is 30.7 Å². The van der Waals surface area contributed by atoms with Gasteiger partial charge in [0.1, 0.15) is 29.9 Å². The summed E-state index contributed by atoms with van der Waals surface area (Å²) < 4.78 is 0. The fourth-order valence-electron chi connectivity index (χ4n) is 6.08. The van der Waals surface area contributed by atoms with Gasteiger partial charge >= 0.3 is 5.97 Å². The predicted molar refractivity (Wildman–Crippen MR) is 173 cm³/mol. The van der Waals surface area contributed by atoms with Gasteiger partial charge in [-0.1, -0.05) is 12.1 Å². The normalized spacial score (nSPS) is 23.4. The van der Waals surface area contributed by atoms with Crippen molar-refractivity contribution in [3.05, 3.63) is 29.8 Å². The van der Waals surface area contributed by atoms with E-state index in [9.17, 15) is 44.1 Å². The van der Waals surface area contributed by atoms with Crippen molar-refractivity contribution < 1.29 is 44.1 Å². The lowest BCUT2D eigenvalue weighted by Gasteiger charge is -2.40. The molecule has 0 unspecified atom stereocenters. The molecule has 2 saturated heterocycles. The Balaban J connectivity index is 2.18. The summed E-state index contributed by atoms with van der Waals surface area (Å²) in [4.78, 5) is 85.5. The van der Waals surface area contributed by atoms with Crippen LogP contribution >= 0.6 is 0 Å². The van der Waals surface area contributed by atoms with E-state index in [1.54, 1.807) is 21.9 Å². The number of aliphatic carboxylic acids is 1. The van der Waals surface area contributed by atoms with E-state index in [4.69, 9.17) is 5.73 Å². The number of aliphatic hydroxyl groups excluding tert-OH is 1. The number of aliphatic hydroxyl groups is 1. The first-order valence-corrected chi connectivity index (χ1v) is 16.5. The Morgan fingerprint density at radius 2 is 1.58 bits per heavy atom. The smallest absolute Gasteiger partial charge is 0.305 e. The standard InChI is InChI=1S/C32H49N7O9/c1-3-37(4-2)32(48)26(16-20-10-12-21(41)13-11-20)39-19-38-15-7-9-25(38)30(46)36-24(18-40)29(45)35-23(17-27(42)43)28(44)34-22(31(39)47)8-5-6-14-33/h10-13,22-26,40-41H,3-9,14-19,33H2,1-2H3,(H,34,44)(H,35,45)(H,36,46)(H,42,43)/t22-,23-,24-,25-,26-/m0/s1. The highest BCUT2D eigenvalue weighted by molar-refractivity contribution is 5.97. The number of carbonyl (C=O) groups is 6. The van der Waals surface area contributed by atoms with Gasteiger partial charge < -0.3 is 46.8 Å². The zero-order chi connectivity index (χ0) is 35.4. The number of carboxylic acids is 1. The van der Waals surface area contributed by atoms with E-state index in [1.165, 1.54) is 17.0 Å². The van der Waals surface area contributed by atoms with Gasteiger partial charge in [0.2, 0.25) is 29.5 Å². The summed E-state index contributed by atoms with van der Waals surface area (Å²) >= 11 is 0. The summed E-state index contributed by atoms with van der Waals surface area (Å²) in [7, 11) is 0. The third-order valence-corrected chi connectivity index (χ3v) is 8.77. The highest BCUT2D eigenvalue weighted by Crippen LogP contribution is 2.23. The lowest BCUT2D eigenvalue weighted by molar-refractivity contribution is -0.151. The molecule has 8 N–H and O–H groups in total. The molecule has 1 aromatic carbocycles. The molecule has 266 valence electrons. The molecule has 2 aliphatic rings. The van der Waals surface area contributed by atoms with Crippen molar-refractivity contribution in [2.24, 2.45) is 5.73 Å². The van der Waals surface area contributed by atoms with Crippen LogP contribution in [-0.2, 0) is 35.2 Å². The molecule has 5 amide bonds. The van der Waals surface area contributed by atoms with Gasteiger partial charge in [-0.25, -0.2) is 0 Å². The van der Waals surface area contributed by atoms with Crippen LogP contribution in [-0.4, -0.2) is 135 Å². The molecule has 2 heterocycles. The maximum absolute atomic E-state index is 14.7. The van der Waals surface area contributed by atoms with Crippen molar-refractivity contribution in [2.75, 3.05) is 39.5 Å². The fourth-order valence-corrected chi connectivity index (χ4v) is 6.08. The van der Waals surface area contributed by atoms with Crippen LogP contribution in [0, 0.1) is 0 Å². The topological polar surface area (TPSA) is 235 Å². The quantitative estimate of drug-likeness (QED) is 0.119. The molecule has 16 nitrogen and oxygen atoms in total. The van der Waals surface area contributed by atoms with Crippen molar-refractivity contribution in [1.29, 1.82) is 0 Å². The maximum Gasteiger partial charge on any atom is 0.305 e. The second-order valence-corrected chi connectivity index (χ2v) is 12.1. The molecule has 1 aromatic rings. The van der Waals surface area contributed by atoms with E-state index in [2.05, 4.69) is 16.0 Å². The Kier molecular flexibility index (Phi) is 14.6. The molecule has 0 aromatic heterocycles.